The second kappa shape index (κ2) is 5.03. The lowest BCUT2D eigenvalue weighted by atomic mass is 9.96. The molecule has 1 aliphatic carbocycles. The van der Waals surface area contributed by atoms with E-state index < -0.39 is 16.8 Å². The van der Waals surface area contributed by atoms with E-state index in [1.54, 1.807) is 0 Å². The molecule has 19 heavy (non-hydrogen) atoms. The van der Waals surface area contributed by atoms with Crippen LogP contribution in [0.3, 0.4) is 0 Å². The standard InChI is InChI=1S/C13H13F2NO3/c14-13(15)6-5-10(8-13)12(17)7-9-1-3-11(4-2-9)16(18)19/h1-4,10H,5-8H2. The molecular weight excluding hydrogens is 256 g/mol. The van der Waals surface area contributed by atoms with E-state index in [1.807, 2.05) is 0 Å². The van der Waals surface area contributed by atoms with Crippen LogP contribution in [0.1, 0.15) is 24.8 Å². The number of rotatable bonds is 4. The van der Waals surface area contributed by atoms with E-state index in [9.17, 15) is 23.7 Å². The van der Waals surface area contributed by atoms with Crippen LogP contribution >= 0.6 is 0 Å². The minimum atomic E-state index is -2.73. The van der Waals surface area contributed by atoms with Gasteiger partial charge in [0.15, 0.2) is 0 Å². The van der Waals surface area contributed by atoms with Crippen molar-refractivity contribution in [3.63, 3.8) is 0 Å². The number of nitro benzene ring substituents is 1. The summed E-state index contributed by atoms with van der Waals surface area (Å²) in [5.74, 6) is -3.54. The van der Waals surface area contributed by atoms with Gasteiger partial charge in [-0.3, -0.25) is 14.9 Å². The monoisotopic (exact) mass is 269 g/mol. The number of ketones is 1. The van der Waals surface area contributed by atoms with Crippen molar-refractivity contribution < 1.29 is 18.5 Å². The van der Waals surface area contributed by atoms with Crippen LogP contribution in [0.2, 0.25) is 0 Å². The average Bonchev–Trinajstić information content (AvgIpc) is 2.70. The van der Waals surface area contributed by atoms with E-state index in [4.69, 9.17) is 0 Å². The number of nitrogens with zero attached hydrogens (tertiary/aromatic N) is 1. The van der Waals surface area contributed by atoms with Crippen molar-refractivity contribution in [3.8, 4) is 0 Å². The number of halogens is 2. The van der Waals surface area contributed by atoms with E-state index in [1.165, 1.54) is 24.3 Å². The van der Waals surface area contributed by atoms with Crippen LogP contribution in [0.4, 0.5) is 14.5 Å². The van der Waals surface area contributed by atoms with Gasteiger partial charge in [-0.15, -0.1) is 0 Å². The fraction of sp³-hybridized carbons (Fsp3) is 0.462. The molecule has 6 heteroatoms. The molecule has 0 saturated heterocycles. The first-order valence-corrected chi connectivity index (χ1v) is 6.01. The highest BCUT2D eigenvalue weighted by molar-refractivity contribution is 5.83. The third-order valence-electron chi connectivity index (χ3n) is 3.38. The van der Waals surface area contributed by atoms with Gasteiger partial charge in [-0.25, -0.2) is 8.78 Å². The van der Waals surface area contributed by atoms with Crippen LogP contribution in [0, 0.1) is 16.0 Å². The predicted molar refractivity (Wildman–Crippen MR) is 64.1 cm³/mol. The Morgan fingerprint density at radius 3 is 2.47 bits per heavy atom. The molecule has 0 spiro atoms. The first-order chi connectivity index (χ1) is 8.87. The Bertz CT molecular complexity index is 499. The molecule has 0 aliphatic heterocycles. The van der Waals surface area contributed by atoms with Crippen molar-refractivity contribution in [2.24, 2.45) is 5.92 Å². The molecule has 102 valence electrons. The molecule has 4 nitrogen and oxygen atoms in total. The van der Waals surface area contributed by atoms with Crippen LogP contribution in [0.15, 0.2) is 24.3 Å². The smallest absolute Gasteiger partial charge is 0.269 e. The lowest BCUT2D eigenvalue weighted by Crippen LogP contribution is -2.17. The maximum Gasteiger partial charge on any atom is 0.269 e. The number of carbonyl (C=O) groups is 1. The number of Topliss-reactive ketones (excluding diaryl/α,β-unsaturated/α-hetero) is 1. The average molecular weight is 269 g/mol. The van der Waals surface area contributed by atoms with Crippen LogP contribution < -0.4 is 0 Å². The van der Waals surface area contributed by atoms with Crippen molar-refractivity contribution in [1.29, 1.82) is 0 Å². The summed E-state index contributed by atoms with van der Waals surface area (Å²) >= 11 is 0. The van der Waals surface area contributed by atoms with E-state index in [0.29, 0.717) is 5.56 Å². The molecule has 2 rings (SSSR count). The fourth-order valence-electron chi connectivity index (χ4n) is 2.31. The van der Waals surface area contributed by atoms with E-state index >= 15 is 0 Å². The van der Waals surface area contributed by atoms with Crippen LogP contribution in [0.25, 0.3) is 0 Å². The minimum Gasteiger partial charge on any atom is -0.299 e. The van der Waals surface area contributed by atoms with Gasteiger partial charge in [0.1, 0.15) is 5.78 Å². The van der Waals surface area contributed by atoms with Crippen molar-refractivity contribution in [3.05, 3.63) is 39.9 Å². The van der Waals surface area contributed by atoms with Gasteiger partial charge in [0, 0.05) is 37.3 Å². The first-order valence-electron chi connectivity index (χ1n) is 6.01. The number of non-ortho nitro benzene ring substituents is 1. The second-order valence-corrected chi connectivity index (χ2v) is 4.86. The van der Waals surface area contributed by atoms with Crippen molar-refractivity contribution in [2.45, 2.75) is 31.6 Å². The highest BCUT2D eigenvalue weighted by atomic mass is 19.3. The van der Waals surface area contributed by atoms with Gasteiger partial charge < -0.3 is 0 Å². The maximum atomic E-state index is 13.0. The highest BCUT2D eigenvalue weighted by Gasteiger charge is 2.42. The third kappa shape index (κ3) is 3.33. The zero-order valence-corrected chi connectivity index (χ0v) is 10.1. The van der Waals surface area contributed by atoms with Gasteiger partial charge in [-0.1, -0.05) is 12.1 Å². The number of hydrogen-bond donors (Lipinski definition) is 0. The molecule has 1 aromatic rings. The second-order valence-electron chi connectivity index (χ2n) is 4.86. The molecule has 1 fully saturated rings. The molecule has 0 aromatic heterocycles. The minimum absolute atomic E-state index is 0.0522. The van der Waals surface area contributed by atoms with Crippen LogP contribution in [0.5, 0.6) is 0 Å². The Balaban J connectivity index is 1.98. The summed E-state index contributed by atoms with van der Waals surface area (Å²) in [5.41, 5.74) is 0.564. The molecule has 0 amide bonds. The van der Waals surface area contributed by atoms with Crippen LogP contribution in [-0.2, 0) is 11.2 Å². The summed E-state index contributed by atoms with van der Waals surface area (Å²) in [6, 6.07) is 5.60. The van der Waals surface area contributed by atoms with Crippen molar-refractivity contribution in [1.82, 2.24) is 0 Å². The van der Waals surface area contributed by atoms with Gasteiger partial charge in [0.25, 0.3) is 5.69 Å². The molecule has 0 radical (unpaired) electrons. The van der Waals surface area contributed by atoms with E-state index in [-0.39, 0.29) is 37.2 Å². The topological polar surface area (TPSA) is 60.2 Å². The molecule has 1 aromatic carbocycles. The molecule has 1 aliphatic rings. The van der Waals surface area contributed by atoms with Crippen molar-refractivity contribution >= 4 is 11.5 Å². The molecule has 1 saturated carbocycles. The molecular formula is C13H13F2NO3. The lowest BCUT2D eigenvalue weighted by molar-refractivity contribution is -0.384. The zero-order chi connectivity index (χ0) is 14.0. The Kier molecular flexibility index (Phi) is 3.59. The number of alkyl halides is 2. The fourth-order valence-corrected chi connectivity index (χ4v) is 2.31. The Morgan fingerprint density at radius 1 is 1.37 bits per heavy atom. The predicted octanol–water partition coefficient (Wildman–Crippen LogP) is 3.14. The van der Waals surface area contributed by atoms with Crippen LogP contribution in [-0.4, -0.2) is 16.6 Å². The molecule has 0 heterocycles. The number of nitro groups is 1. The number of hydrogen-bond acceptors (Lipinski definition) is 3. The molecule has 1 atom stereocenters. The van der Waals surface area contributed by atoms with Gasteiger partial charge >= 0.3 is 0 Å². The molecule has 0 bridgehead atoms. The normalized spacial score (nSPS) is 21.3. The van der Waals surface area contributed by atoms with E-state index in [2.05, 4.69) is 0 Å². The quantitative estimate of drug-likeness (QED) is 0.623. The summed E-state index contributed by atoms with van der Waals surface area (Å²) in [6.07, 6.45) is -0.333. The SMILES string of the molecule is O=C(Cc1ccc([N+](=O)[O-])cc1)C1CCC(F)(F)C1. The Hall–Kier alpha value is -1.85. The lowest BCUT2D eigenvalue weighted by Gasteiger charge is -2.09. The van der Waals surface area contributed by atoms with Gasteiger partial charge in [0.2, 0.25) is 5.92 Å². The summed E-state index contributed by atoms with van der Waals surface area (Å²) in [5, 5.41) is 10.5. The number of carbonyl (C=O) groups excluding carboxylic acids is 1. The summed E-state index contributed by atoms with van der Waals surface area (Å²) in [7, 11) is 0. The Labute approximate surface area is 108 Å². The first kappa shape index (κ1) is 13.6. The van der Waals surface area contributed by atoms with Crippen molar-refractivity contribution in [2.75, 3.05) is 0 Å². The summed E-state index contributed by atoms with van der Waals surface area (Å²) in [4.78, 5) is 21.8. The summed E-state index contributed by atoms with van der Waals surface area (Å²) in [6.45, 7) is 0. The molecule has 1 unspecified atom stereocenters. The third-order valence-corrected chi connectivity index (χ3v) is 3.38. The number of benzene rings is 1. The van der Waals surface area contributed by atoms with Gasteiger partial charge in [-0.2, -0.15) is 0 Å². The van der Waals surface area contributed by atoms with E-state index in [0.717, 1.165) is 0 Å². The largest absolute Gasteiger partial charge is 0.299 e. The zero-order valence-electron chi connectivity index (χ0n) is 10.1. The maximum absolute atomic E-state index is 13.0. The molecule has 0 N–H and O–H groups in total. The van der Waals surface area contributed by atoms with Gasteiger partial charge in [-0.05, 0) is 12.0 Å². The Morgan fingerprint density at radius 2 is 2.00 bits per heavy atom. The summed E-state index contributed by atoms with van der Waals surface area (Å²) < 4.78 is 26.0. The highest BCUT2D eigenvalue weighted by Crippen LogP contribution is 2.39. The van der Waals surface area contributed by atoms with Gasteiger partial charge in [0.05, 0.1) is 4.92 Å².